The van der Waals surface area contributed by atoms with Crippen molar-refractivity contribution in [2.45, 2.75) is 25.4 Å². The number of carbonyl (C=O) groups excluding carboxylic acids is 2. The maximum Gasteiger partial charge on any atom is 0.253 e. The molecule has 3 aromatic rings. The number of pyridine rings is 1. The van der Waals surface area contributed by atoms with Gasteiger partial charge in [0.25, 0.3) is 11.8 Å². The molecule has 1 N–H and O–H groups in total. The zero-order valence-corrected chi connectivity index (χ0v) is 23.8. The third-order valence-electron chi connectivity index (χ3n) is 7.66. The van der Waals surface area contributed by atoms with Crippen molar-refractivity contribution < 1.29 is 14.0 Å². The molecule has 41 heavy (non-hydrogen) atoms. The number of anilines is 1. The minimum absolute atomic E-state index is 0.00878. The Balaban J connectivity index is 1.10. The summed E-state index contributed by atoms with van der Waals surface area (Å²) in [5.41, 5.74) is 2.08. The molecule has 0 saturated carbocycles. The maximum atomic E-state index is 13.7. The van der Waals surface area contributed by atoms with Crippen LogP contribution in [0.5, 0.6) is 0 Å². The molecular formula is C30H29Cl2FN6O2. The first-order valence-corrected chi connectivity index (χ1v) is 14.2. The van der Waals surface area contributed by atoms with Gasteiger partial charge in [0.2, 0.25) is 0 Å². The van der Waals surface area contributed by atoms with Gasteiger partial charge in [0.15, 0.2) is 0 Å². The fourth-order valence-corrected chi connectivity index (χ4v) is 5.73. The molecule has 0 bridgehead atoms. The summed E-state index contributed by atoms with van der Waals surface area (Å²) in [7, 11) is 0. The van der Waals surface area contributed by atoms with Gasteiger partial charge in [-0.15, -0.1) is 0 Å². The van der Waals surface area contributed by atoms with E-state index < -0.39 is 5.82 Å². The Morgan fingerprint density at radius 1 is 0.951 bits per heavy atom. The number of piperidine rings is 1. The second kappa shape index (κ2) is 12.9. The Hall–Kier alpha value is -3.71. The molecule has 2 aromatic carbocycles. The minimum atomic E-state index is -0.534. The second-order valence-electron chi connectivity index (χ2n) is 10.2. The van der Waals surface area contributed by atoms with Crippen molar-refractivity contribution in [3.05, 3.63) is 92.8 Å². The molecule has 2 fully saturated rings. The van der Waals surface area contributed by atoms with E-state index in [0.717, 1.165) is 39.0 Å². The predicted octanol–water partition coefficient (Wildman–Crippen LogP) is 4.76. The number of nitrogens with zero attached hydrogens (tertiary/aromatic N) is 5. The third kappa shape index (κ3) is 6.79. The van der Waals surface area contributed by atoms with Gasteiger partial charge in [-0.05, 0) is 60.9 Å². The average molecular weight is 596 g/mol. The minimum Gasteiger partial charge on any atom is -0.353 e. The van der Waals surface area contributed by atoms with Crippen molar-refractivity contribution in [2.24, 2.45) is 0 Å². The molecule has 2 amide bonds. The van der Waals surface area contributed by atoms with Crippen LogP contribution in [-0.4, -0.2) is 71.9 Å². The molecule has 5 rings (SSSR count). The largest absolute Gasteiger partial charge is 0.353 e. The molecule has 0 aliphatic carbocycles. The fraction of sp³-hybridized carbons (Fsp3) is 0.333. The zero-order chi connectivity index (χ0) is 28.9. The van der Waals surface area contributed by atoms with Crippen molar-refractivity contribution >= 4 is 40.8 Å². The Bertz CT molecular complexity index is 1460. The molecule has 3 heterocycles. The standard InChI is InChI=1S/C30H29Cl2FN6O2/c31-25-6-3-21(15-27(25)33)18-36-29(40)23-16-26(32)28(35-19-23)38-13-11-37(12-14-38)24-7-9-39(10-8-24)30(41)22-4-1-20(17-34)2-5-22/h1-6,15-16,19,24H,7-14,18H2,(H,36,40). The number of halogens is 3. The van der Waals surface area contributed by atoms with Gasteiger partial charge in [-0.2, -0.15) is 5.26 Å². The van der Waals surface area contributed by atoms with Crippen LogP contribution in [0.15, 0.2) is 54.7 Å². The normalized spacial score (nSPS) is 16.3. The van der Waals surface area contributed by atoms with E-state index in [1.807, 2.05) is 4.90 Å². The molecule has 2 aliphatic heterocycles. The number of hydrogen-bond donors (Lipinski definition) is 1. The fourth-order valence-electron chi connectivity index (χ4n) is 5.32. The summed E-state index contributed by atoms with van der Waals surface area (Å²) in [6, 6.07) is 15.3. The molecule has 2 aliphatic rings. The number of piperazine rings is 1. The molecule has 1 aromatic heterocycles. The molecule has 0 atom stereocenters. The Labute approximate surface area is 248 Å². The smallest absolute Gasteiger partial charge is 0.253 e. The van der Waals surface area contributed by atoms with Gasteiger partial charge in [-0.1, -0.05) is 29.3 Å². The molecule has 0 spiro atoms. The van der Waals surface area contributed by atoms with E-state index in [1.54, 1.807) is 36.4 Å². The lowest BCUT2D eigenvalue weighted by Crippen LogP contribution is -2.54. The lowest BCUT2D eigenvalue weighted by molar-refractivity contribution is 0.0610. The van der Waals surface area contributed by atoms with Gasteiger partial charge < -0.3 is 15.1 Å². The topological polar surface area (TPSA) is 92.6 Å². The van der Waals surface area contributed by atoms with Gasteiger partial charge in [0.05, 0.1) is 27.2 Å². The van der Waals surface area contributed by atoms with Crippen LogP contribution in [0, 0.1) is 17.1 Å². The van der Waals surface area contributed by atoms with E-state index >= 15 is 0 Å². The van der Waals surface area contributed by atoms with Crippen LogP contribution in [0.3, 0.4) is 0 Å². The predicted molar refractivity (Wildman–Crippen MR) is 156 cm³/mol. The van der Waals surface area contributed by atoms with E-state index in [2.05, 4.69) is 26.2 Å². The highest BCUT2D eigenvalue weighted by molar-refractivity contribution is 6.33. The van der Waals surface area contributed by atoms with E-state index in [-0.39, 0.29) is 23.4 Å². The highest BCUT2D eigenvalue weighted by atomic mass is 35.5. The first-order chi connectivity index (χ1) is 19.8. The van der Waals surface area contributed by atoms with Crippen LogP contribution in [0.2, 0.25) is 10.0 Å². The van der Waals surface area contributed by atoms with Gasteiger partial charge in [-0.25, -0.2) is 9.37 Å². The summed E-state index contributed by atoms with van der Waals surface area (Å²) in [6.45, 7) is 4.77. The molecule has 0 unspecified atom stereocenters. The van der Waals surface area contributed by atoms with Crippen molar-refractivity contribution in [3.63, 3.8) is 0 Å². The number of amides is 2. The quantitative estimate of drug-likeness (QED) is 0.442. The van der Waals surface area contributed by atoms with E-state index in [1.165, 1.54) is 18.3 Å². The number of carbonyl (C=O) groups is 2. The maximum absolute atomic E-state index is 13.7. The van der Waals surface area contributed by atoms with Gasteiger partial charge in [0.1, 0.15) is 11.6 Å². The summed E-state index contributed by atoms with van der Waals surface area (Å²) in [4.78, 5) is 36.4. The number of likely N-dealkylation sites (tertiary alicyclic amines) is 1. The number of nitrogens with one attached hydrogen (secondary N) is 1. The van der Waals surface area contributed by atoms with Crippen molar-refractivity contribution in [1.29, 1.82) is 5.26 Å². The van der Waals surface area contributed by atoms with Crippen molar-refractivity contribution in [3.8, 4) is 6.07 Å². The number of benzene rings is 2. The highest BCUT2D eigenvalue weighted by Gasteiger charge is 2.30. The number of hydrogen-bond acceptors (Lipinski definition) is 6. The first kappa shape index (κ1) is 28.8. The summed E-state index contributed by atoms with van der Waals surface area (Å²) < 4.78 is 13.7. The van der Waals surface area contributed by atoms with Crippen LogP contribution in [0.1, 0.15) is 44.7 Å². The van der Waals surface area contributed by atoms with Crippen molar-refractivity contribution in [1.82, 2.24) is 20.1 Å². The lowest BCUT2D eigenvalue weighted by Gasteiger charge is -2.43. The summed E-state index contributed by atoms with van der Waals surface area (Å²) >= 11 is 12.3. The van der Waals surface area contributed by atoms with E-state index in [9.17, 15) is 14.0 Å². The molecule has 212 valence electrons. The van der Waals surface area contributed by atoms with Crippen LogP contribution in [-0.2, 0) is 6.54 Å². The number of aromatic nitrogens is 1. The second-order valence-corrected chi connectivity index (χ2v) is 11.0. The third-order valence-corrected chi connectivity index (χ3v) is 8.25. The van der Waals surface area contributed by atoms with E-state index in [0.29, 0.717) is 52.2 Å². The Morgan fingerprint density at radius 2 is 1.66 bits per heavy atom. The first-order valence-electron chi connectivity index (χ1n) is 13.5. The average Bonchev–Trinajstić information content (AvgIpc) is 3.01. The molecule has 11 heteroatoms. The van der Waals surface area contributed by atoms with Gasteiger partial charge in [0, 0.05) is 63.6 Å². The van der Waals surface area contributed by atoms with Crippen LogP contribution >= 0.6 is 23.2 Å². The number of nitriles is 1. The van der Waals surface area contributed by atoms with E-state index in [4.69, 9.17) is 28.5 Å². The monoisotopic (exact) mass is 594 g/mol. The summed E-state index contributed by atoms with van der Waals surface area (Å²) in [5, 5.41) is 12.2. The molecule has 0 radical (unpaired) electrons. The zero-order valence-electron chi connectivity index (χ0n) is 22.3. The number of rotatable bonds is 6. The Kier molecular flexibility index (Phi) is 9.03. The van der Waals surface area contributed by atoms with Crippen LogP contribution in [0.4, 0.5) is 10.2 Å². The van der Waals surface area contributed by atoms with Crippen LogP contribution < -0.4 is 10.2 Å². The van der Waals surface area contributed by atoms with Crippen molar-refractivity contribution in [2.75, 3.05) is 44.2 Å². The van der Waals surface area contributed by atoms with Gasteiger partial charge in [-0.3, -0.25) is 14.5 Å². The summed E-state index contributed by atoms with van der Waals surface area (Å²) in [6.07, 6.45) is 3.33. The SMILES string of the molecule is N#Cc1ccc(C(=O)N2CCC(N3CCN(c4ncc(C(=O)NCc5ccc(Cl)c(F)c5)cc4Cl)CC3)CC2)cc1. The van der Waals surface area contributed by atoms with Crippen LogP contribution in [0.25, 0.3) is 0 Å². The molecular weight excluding hydrogens is 566 g/mol. The van der Waals surface area contributed by atoms with Gasteiger partial charge >= 0.3 is 0 Å². The highest BCUT2D eigenvalue weighted by Crippen LogP contribution is 2.27. The summed E-state index contributed by atoms with van der Waals surface area (Å²) in [5.74, 6) is -0.233. The Morgan fingerprint density at radius 3 is 2.29 bits per heavy atom. The lowest BCUT2D eigenvalue weighted by atomic mass is 10.0. The molecule has 2 saturated heterocycles. The molecule has 8 nitrogen and oxygen atoms in total.